The van der Waals surface area contributed by atoms with Crippen LogP contribution < -0.4 is 4.72 Å². The monoisotopic (exact) mass is 312 g/mol. The molecule has 21 heavy (non-hydrogen) atoms. The average Bonchev–Trinajstić information content (AvgIpc) is 2.95. The molecule has 114 valence electrons. The van der Waals surface area contributed by atoms with Gasteiger partial charge in [-0.05, 0) is 31.0 Å². The van der Waals surface area contributed by atoms with E-state index in [1.165, 1.54) is 0 Å². The number of nitrogens with zero attached hydrogens (tertiary/aromatic N) is 1. The number of sulfonamides is 1. The highest BCUT2D eigenvalue weighted by atomic mass is 32.2. The molecule has 1 aromatic carbocycles. The van der Waals surface area contributed by atoms with Gasteiger partial charge in [0.25, 0.3) is 0 Å². The van der Waals surface area contributed by atoms with Crippen molar-refractivity contribution in [2.24, 2.45) is 5.41 Å². The lowest BCUT2D eigenvalue weighted by atomic mass is 9.88. The molecule has 2 N–H and O–H groups in total. The van der Waals surface area contributed by atoms with E-state index in [-0.39, 0.29) is 23.6 Å². The Balaban J connectivity index is 2.17. The predicted molar refractivity (Wildman–Crippen MR) is 74.3 cm³/mol. The molecule has 1 fully saturated rings. The molecule has 2 rings (SSSR count). The van der Waals surface area contributed by atoms with Crippen molar-refractivity contribution in [2.75, 3.05) is 13.2 Å². The number of halogens is 1. The summed E-state index contributed by atoms with van der Waals surface area (Å²) in [5.41, 5.74) is -0.721. The van der Waals surface area contributed by atoms with Gasteiger partial charge in [-0.1, -0.05) is 12.8 Å². The SMILES string of the molecule is N#Cc1cc(S(=O)(=O)NCC2(CO)CCCC2)ccc1F. The Morgan fingerprint density at radius 1 is 1.38 bits per heavy atom. The first-order valence-electron chi connectivity index (χ1n) is 6.73. The summed E-state index contributed by atoms with van der Waals surface area (Å²) in [6.07, 6.45) is 3.49. The summed E-state index contributed by atoms with van der Waals surface area (Å²) in [5.74, 6) is -0.751. The van der Waals surface area contributed by atoms with Crippen LogP contribution in [0.15, 0.2) is 23.1 Å². The van der Waals surface area contributed by atoms with Crippen molar-refractivity contribution in [2.45, 2.75) is 30.6 Å². The van der Waals surface area contributed by atoms with E-state index in [9.17, 15) is 17.9 Å². The van der Waals surface area contributed by atoms with E-state index in [1.54, 1.807) is 6.07 Å². The zero-order chi connectivity index (χ0) is 15.5. The van der Waals surface area contributed by atoms with Crippen LogP contribution in [0.2, 0.25) is 0 Å². The fourth-order valence-electron chi connectivity index (χ4n) is 2.60. The van der Waals surface area contributed by atoms with Crippen molar-refractivity contribution in [3.05, 3.63) is 29.6 Å². The van der Waals surface area contributed by atoms with E-state index in [2.05, 4.69) is 4.72 Å². The van der Waals surface area contributed by atoms with Crippen molar-refractivity contribution in [3.63, 3.8) is 0 Å². The fourth-order valence-corrected chi connectivity index (χ4v) is 3.79. The molecule has 7 heteroatoms. The summed E-state index contributed by atoms with van der Waals surface area (Å²) >= 11 is 0. The van der Waals surface area contributed by atoms with E-state index in [4.69, 9.17) is 5.26 Å². The molecule has 0 atom stereocenters. The molecule has 0 spiro atoms. The van der Waals surface area contributed by atoms with E-state index in [0.717, 1.165) is 43.9 Å². The largest absolute Gasteiger partial charge is 0.396 e. The summed E-state index contributed by atoms with van der Waals surface area (Å²) in [7, 11) is -3.82. The average molecular weight is 312 g/mol. The fraction of sp³-hybridized carbons (Fsp3) is 0.500. The van der Waals surface area contributed by atoms with Crippen LogP contribution in [0, 0.1) is 22.6 Å². The van der Waals surface area contributed by atoms with Crippen LogP contribution in [0.4, 0.5) is 4.39 Å². The van der Waals surface area contributed by atoms with Crippen molar-refractivity contribution in [1.82, 2.24) is 4.72 Å². The van der Waals surface area contributed by atoms with Gasteiger partial charge >= 0.3 is 0 Å². The second-order valence-electron chi connectivity index (χ2n) is 5.44. The number of aliphatic hydroxyl groups excluding tert-OH is 1. The minimum absolute atomic E-state index is 0.0671. The summed E-state index contributed by atoms with van der Waals surface area (Å²) in [5, 5.41) is 18.2. The van der Waals surface area contributed by atoms with Gasteiger partial charge in [0.2, 0.25) is 10.0 Å². The van der Waals surface area contributed by atoms with E-state index in [0.29, 0.717) is 0 Å². The molecular weight excluding hydrogens is 295 g/mol. The quantitative estimate of drug-likeness (QED) is 0.862. The summed E-state index contributed by atoms with van der Waals surface area (Å²) in [6.45, 7) is 0.0769. The molecular formula is C14H17FN2O3S. The minimum Gasteiger partial charge on any atom is -0.396 e. The molecule has 0 aliphatic heterocycles. The van der Waals surface area contributed by atoms with Crippen molar-refractivity contribution < 1.29 is 17.9 Å². The van der Waals surface area contributed by atoms with Gasteiger partial charge in [-0.2, -0.15) is 5.26 Å². The van der Waals surface area contributed by atoms with E-state index < -0.39 is 21.3 Å². The zero-order valence-electron chi connectivity index (χ0n) is 11.5. The molecule has 5 nitrogen and oxygen atoms in total. The number of nitrogens with one attached hydrogen (secondary N) is 1. The Kier molecular flexibility index (Phi) is 4.61. The third kappa shape index (κ3) is 3.40. The Bertz CT molecular complexity index is 661. The van der Waals surface area contributed by atoms with Gasteiger partial charge in [-0.25, -0.2) is 17.5 Å². The first-order chi connectivity index (χ1) is 9.92. The van der Waals surface area contributed by atoms with Crippen LogP contribution in [0.5, 0.6) is 0 Å². The highest BCUT2D eigenvalue weighted by Gasteiger charge is 2.34. The number of benzene rings is 1. The smallest absolute Gasteiger partial charge is 0.240 e. The number of rotatable bonds is 5. The van der Waals surface area contributed by atoms with Crippen molar-refractivity contribution >= 4 is 10.0 Å². The Labute approximate surface area is 123 Å². The molecule has 0 heterocycles. The molecule has 1 aliphatic rings. The van der Waals surface area contributed by atoms with E-state index in [1.807, 2.05) is 0 Å². The Hall–Kier alpha value is -1.49. The van der Waals surface area contributed by atoms with Crippen molar-refractivity contribution in [3.8, 4) is 6.07 Å². The van der Waals surface area contributed by atoms with Crippen LogP contribution in [-0.4, -0.2) is 26.7 Å². The number of aliphatic hydroxyl groups is 1. The molecule has 0 amide bonds. The third-order valence-electron chi connectivity index (χ3n) is 4.01. The Morgan fingerprint density at radius 3 is 2.62 bits per heavy atom. The van der Waals surface area contributed by atoms with Gasteiger partial charge in [0.1, 0.15) is 11.9 Å². The maximum Gasteiger partial charge on any atom is 0.240 e. The summed E-state index contributed by atoms with van der Waals surface area (Å²) < 4.78 is 40.1. The first kappa shape index (κ1) is 15.9. The maximum atomic E-state index is 13.2. The van der Waals surface area contributed by atoms with Crippen molar-refractivity contribution in [1.29, 1.82) is 5.26 Å². The first-order valence-corrected chi connectivity index (χ1v) is 8.21. The zero-order valence-corrected chi connectivity index (χ0v) is 12.3. The third-order valence-corrected chi connectivity index (χ3v) is 5.40. The van der Waals surface area contributed by atoms with Gasteiger partial charge in [0.05, 0.1) is 10.5 Å². The summed E-state index contributed by atoms with van der Waals surface area (Å²) in [6, 6.07) is 4.71. The highest BCUT2D eigenvalue weighted by Crippen LogP contribution is 2.37. The molecule has 0 aromatic heterocycles. The van der Waals surface area contributed by atoms with Crippen LogP contribution >= 0.6 is 0 Å². The lowest BCUT2D eigenvalue weighted by Crippen LogP contribution is -2.38. The second kappa shape index (κ2) is 6.10. The van der Waals surface area contributed by atoms with Crippen LogP contribution in [-0.2, 0) is 10.0 Å². The minimum atomic E-state index is -3.82. The second-order valence-corrected chi connectivity index (χ2v) is 7.21. The lowest BCUT2D eigenvalue weighted by Gasteiger charge is -2.26. The normalized spacial score (nSPS) is 17.6. The van der Waals surface area contributed by atoms with Gasteiger partial charge in [0, 0.05) is 18.6 Å². The molecule has 1 aromatic rings. The van der Waals surface area contributed by atoms with Gasteiger partial charge in [-0.3, -0.25) is 0 Å². The number of hydrogen-bond donors (Lipinski definition) is 2. The summed E-state index contributed by atoms with van der Waals surface area (Å²) in [4.78, 5) is -0.147. The molecule has 1 aliphatic carbocycles. The van der Waals surface area contributed by atoms with Crippen LogP contribution in [0.25, 0.3) is 0 Å². The molecule has 0 unspecified atom stereocenters. The molecule has 1 saturated carbocycles. The Morgan fingerprint density at radius 2 is 2.05 bits per heavy atom. The maximum absolute atomic E-state index is 13.2. The number of nitriles is 1. The topological polar surface area (TPSA) is 90.2 Å². The van der Waals surface area contributed by atoms with Crippen LogP contribution in [0.1, 0.15) is 31.2 Å². The predicted octanol–water partition coefficient (Wildman–Crippen LogP) is 1.53. The molecule has 0 saturated heterocycles. The van der Waals surface area contributed by atoms with Gasteiger partial charge in [0.15, 0.2) is 0 Å². The van der Waals surface area contributed by atoms with Crippen LogP contribution in [0.3, 0.4) is 0 Å². The molecule has 0 radical (unpaired) electrons. The highest BCUT2D eigenvalue weighted by molar-refractivity contribution is 7.89. The lowest BCUT2D eigenvalue weighted by molar-refractivity contribution is 0.134. The van der Waals surface area contributed by atoms with E-state index >= 15 is 0 Å². The molecule has 0 bridgehead atoms. The number of hydrogen-bond acceptors (Lipinski definition) is 4. The standard InChI is InChI=1S/C14H17FN2O3S/c15-13-4-3-12(7-11(13)8-16)21(19,20)17-9-14(10-18)5-1-2-6-14/h3-4,7,17-18H,1-2,5-6,9-10H2. The van der Waals surface area contributed by atoms with Gasteiger partial charge < -0.3 is 5.11 Å². The van der Waals surface area contributed by atoms with Gasteiger partial charge in [-0.15, -0.1) is 0 Å².